The minimum Gasteiger partial charge on any atom is -0.309 e. The smallest absolute Gasteiger partial charge is 0.240 e. The number of hydrazine groups is 1. The van der Waals surface area contributed by atoms with Gasteiger partial charge in [-0.15, -0.1) is 0 Å². The lowest BCUT2D eigenvalue weighted by Gasteiger charge is -2.31. The Hall–Kier alpha value is -0.940. The van der Waals surface area contributed by atoms with Gasteiger partial charge in [0.05, 0.1) is 0 Å². The van der Waals surface area contributed by atoms with E-state index in [4.69, 9.17) is 5.84 Å². The number of nitrogens with zero attached hydrogens (tertiary/aromatic N) is 2. The molecule has 1 aliphatic rings. The fourth-order valence-electron chi connectivity index (χ4n) is 2.79. The van der Waals surface area contributed by atoms with Crippen LogP contribution in [-0.2, 0) is 9.59 Å². The lowest BCUT2D eigenvalue weighted by atomic mass is 9.76. The van der Waals surface area contributed by atoms with E-state index in [9.17, 15) is 9.59 Å². The Labute approximate surface area is 116 Å². The summed E-state index contributed by atoms with van der Waals surface area (Å²) >= 11 is 0. The fourth-order valence-corrected chi connectivity index (χ4v) is 2.79. The van der Waals surface area contributed by atoms with Gasteiger partial charge in [0.1, 0.15) is 5.78 Å². The molecule has 1 rings (SSSR count). The number of amides is 1. The Morgan fingerprint density at radius 1 is 1.11 bits per heavy atom. The van der Waals surface area contributed by atoms with Crippen LogP contribution in [0.3, 0.4) is 0 Å². The third kappa shape index (κ3) is 4.91. The number of carbonyl (C=O) groups excluding carboxylic acids is 2. The molecule has 0 unspecified atom stereocenters. The maximum atomic E-state index is 12.3. The first-order valence-electron chi connectivity index (χ1n) is 7.14. The zero-order chi connectivity index (χ0) is 14.4. The number of rotatable bonds is 6. The Bertz CT molecular complexity index is 318. The largest absolute Gasteiger partial charge is 0.309 e. The predicted molar refractivity (Wildman–Crippen MR) is 75.2 cm³/mol. The van der Waals surface area contributed by atoms with Crippen molar-refractivity contribution in [1.29, 1.82) is 0 Å². The van der Waals surface area contributed by atoms with Crippen molar-refractivity contribution in [2.45, 2.75) is 39.0 Å². The topological polar surface area (TPSA) is 66.6 Å². The van der Waals surface area contributed by atoms with Crippen LogP contribution >= 0.6 is 0 Å². The molecule has 0 heterocycles. The molecular weight excluding hydrogens is 242 g/mol. The van der Waals surface area contributed by atoms with Crippen LogP contribution < -0.4 is 5.84 Å². The second kappa shape index (κ2) is 7.60. The summed E-state index contributed by atoms with van der Waals surface area (Å²) in [5.41, 5.74) is 0. The summed E-state index contributed by atoms with van der Waals surface area (Å²) in [6, 6.07) is 0. The van der Waals surface area contributed by atoms with Crippen molar-refractivity contribution in [1.82, 2.24) is 9.91 Å². The molecule has 5 nitrogen and oxygen atoms in total. The minimum atomic E-state index is -0.199. The lowest BCUT2D eigenvalue weighted by Crippen LogP contribution is -2.46. The first-order valence-corrected chi connectivity index (χ1v) is 7.14. The summed E-state index contributed by atoms with van der Waals surface area (Å²) in [6.07, 6.45) is 4.54. The molecule has 1 aliphatic carbocycles. The van der Waals surface area contributed by atoms with Crippen LogP contribution in [0, 0.1) is 11.8 Å². The molecule has 110 valence electrons. The van der Waals surface area contributed by atoms with E-state index >= 15 is 0 Å². The summed E-state index contributed by atoms with van der Waals surface area (Å²) in [7, 11) is 3.99. The molecule has 0 aliphatic heterocycles. The number of nitrogens with two attached hydrogens (primary N) is 1. The standard InChI is InChI=1S/C14H27N3O2/c1-11(18)12-7-4-5-8-13(12)14(19)17(15)10-6-9-16(2)3/h12-13H,4-10,15H2,1-3H3/t12-,13-/m0/s1. The van der Waals surface area contributed by atoms with Crippen LogP contribution in [0.15, 0.2) is 0 Å². The highest BCUT2D eigenvalue weighted by molar-refractivity contribution is 5.87. The summed E-state index contributed by atoms with van der Waals surface area (Å²) in [6.45, 7) is 3.04. The second-order valence-electron chi connectivity index (χ2n) is 5.80. The molecule has 0 aromatic heterocycles. The van der Waals surface area contributed by atoms with Crippen molar-refractivity contribution in [3.63, 3.8) is 0 Å². The molecule has 0 saturated heterocycles. The lowest BCUT2D eigenvalue weighted by molar-refractivity contribution is -0.142. The van der Waals surface area contributed by atoms with E-state index in [1.807, 2.05) is 14.1 Å². The molecule has 2 N–H and O–H groups in total. The number of hydrogen-bond donors (Lipinski definition) is 1. The number of ketones is 1. The van der Waals surface area contributed by atoms with Crippen LogP contribution in [-0.4, -0.2) is 48.8 Å². The van der Waals surface area contributed by atoms with Gasteiger partial charge >= 0.3 is 0 Å². The Morgan fingerprint density at radius 3 is 2.21 bits per heavy atom. The molecule has 1 fully saturated rings. The Kier molecular flexibility index (Phi) is 6.45. The third-order valence-corrected chi connectivity index (χ3v) is 3.89. The van der Waals surface area contributed by atoms with Crippen molar-refractivity contribution in [2.24, 2.45) is 17.7 Å². The van der Waals surface area contributed by atoms with Gasteiger partial charge in [-0.3, -0.25) is 14.6 Å². The van der Waals surface area contributed by atoms with E-state index in [0.717, 1.165) is 38.6 Å². The normalized spacial score (nSPS) is 23.4. The van der Waals surface area contributed by atoms with Crippen LogP contribution in [0.5, 0.6) is 0 Å². The van der Waals surface area contributed by atoms with Crippen LogP contribution in [0.1, 0.15) is 39.0 Å². The SMILES string of the molecule is CC(=O)[C@@H]1CCCC[C@@H]1C(=O)N(N)CCCN(C)C. The molecule has 0 aromatic carbocycles. The maximum absolute atomic E-state index is 12.3. The average Bonchev–Trinajstić information content (AvgIpc) is 2.37. The number of Topliss-reactive ketones (excluding diaryl/α,β-unsaturated/α-hetero) is 1. The van der Waals surface area contributed by atoms with Crippen LogP contribution in [0.4, 0.5) is 0 Å². The van der Waals surface area contributed by atoms with E-state index < -0.39 is 0 Å². The minimum absolute atomic E-state index is 0.0568. The van der Waals surface area contributed by atoms with Gasteiger partial charge < -0.3 is 4.90 Å². The summed E-state index contributed by atoms with van der Waals surface area (Å²) < 4.78 is 0. The van der Waals surface area contributed by atoms with Gasteiger partial charge in [-0.25, -0.2) is 5.84 Å². The molecule has 1 saturated carbocycles. The highest BCUT2D eigenvalue weighted by Crippen LogP contribution is 2.31. The van der Waals surface area contributed by atoms with Crippen molar-refractivity contribution >= 4 is 11.7 Å². The highest BCUT2D eigenvalue weighted by Gasteiger charge is 2.35. The molecule has 0 spiro atoms. The first kappa shape index (κ1) is 16.1. The molecule has 0 radical (unpaired) electrons. The molecule has 19 heavy (non-hydrogen) atoms. The molecule has 1 amide bonds. The fraction of sp³-hybridized carbons (Fsp3) is 0.857. The van der Waals surface area contributed by atoms with Gasteiger partial charge in [0.2, 0.25) is 5.91 Å². The highest BCUT2D eigenvalue weighted by atomic mass is 16.2. The predicted octanol–water partition coefficient (Wildman–Crippen LogP) is 1.04. The molecule has 0 bridgehead atoms. The van der Waals surface area contributed by atoms with Gasteiger partial charge in [-0.1, -0.05) is 12.8 Å². The summed E-state index contributed by atoms with van der Waals surface area (Å²) in [5.74, 6) is 5.60. The Balaban J connectivity index is 2.51. The zero-order valence-electron chi connectivity index (χ0n) is 12.4. The third-order valence-electron chi connectivity index (χ3n) is 3.89. The van der Waals surface area contributed by atoms with Gasteiger partial charge in [-0.05, 0) is 46.8 Å². The van der Waals surface area contributed by atoms with Gasteiger partial charge in [0, 0.05) is 18.4 Å². The van der Waals surface area contributed by atoms with Crippen molar-refractivity contribution < 1.29 is 9.59 Å². The van der Waals surface area contributed by atoms with Gasteiger partial charge in [-0.2, -0.15) is 0 Å². The van der Waals surface area contributed by atoms with Gasteiger partial charge in [0.15, 0.2) is 0 Å². The Morgan fingerprint density at radius 2 is 1.68 bits per heavy atom. The zero-order valence-corrected chi connectivity index (χ0v) is 12.4. The van der Waals surface area contributed by atoms with E-state index in [1.54, 1.807) is 6.92 Å². The van der Waals surface area contributed by atoms with Crippen molar-refractivity contribution in [3.05, 3.63) is 0 Å². The number of carbonyl (C=O) groups is 2. The molecule has 0 aromatic rings. The van der Waals surface area contributed by atoms with E-state index in [1.165, 1.54) is 5.01 Å². The van der Waals surface area contributed by atoms with Gasteiger partial charge in [0.25, 0.3) is 0 Å². The molecular formula is C14H27N3O2. The molecule has 5 heteroatoms. The average molecular weight is 269 g/mol. The van der Waals surface area contributed by atoms with Crippen LogP contribution in [0.25, 0.3) is 0 Å². The van der Waals surface area contributed by atoms with E-state index in [2.05, 4.69) is 4.90 Å². The molecule has 2 atom stereocenters. The van der Waals surface area contributed by atoms with Crippen molar-refractivity contribution in [2.75, 3.05) is 27.2 Å². The number of hydrogen-bond acceptors (Lipinski definition) is 4. The van der Waals surface area contributed by atoms with E-state index in [0.29, 0.717) is 6.54 Å². The second-order valence-corrected chi connectivity index (χ2v) is 5.80. The van der Waals surface area contributed by atoms with Crippen molar-refractivity contribution in [3.8, 4) is 0 Å². The summed E-state index contributed by atoms with van der Waals surface area (Å²) in [4.78, 5) is 26.0. The quantitative estimate of drug-likeness (QED) is 0.444. The van der Waals surface area contributed by atoms with E-state index in [-0.39, 0.29) is 23.5 Å². The first-order chi connectivity index (χ1) is 8.93. The maximum Gasteiger partial charge on any atom is 0.240 e. The monoisotopic (exact) mass is 269 g/mol. The summed E-state index contributed by atoms with van der Waals surface area (Å²) in [5, 5.41) is 1.31. The van der Waals surface area contributed by atoms with Crippen LogP contribution in [0.2, 0.25) is 0 Å².